The van der Waals surface area contributed by atoms with Gasteiger partial charge in [-0.05, 0) is 23.8 Å². The van der Waals surface area contributed by atoms with Crippen LogP contribution in [0.3, 0.4) is 0 Å². The van der Waals surface area contributed by atoms with Crippen LogP contribution in [0, 0.1) is 5.82 Å². The van der Waals surface area contributed by atoms with Crippen molar-refractivity contribution >= 4 is 0 Å². The third-order valence-electron chi connectivity index (χ3n) is 2.96. The van der Waals surface area contributed by atoms with Crippen molar-refractivity contribution in [2.75, 3.05) is 0 Å². The Labute approximate surface area is 119 Å². The Hall–Kier alpha value is -1.87. The molecule has 0 saturated heterocycles. The molecule has 0 aliphatic carbocycles. The number of halogens is 1. The average Bonchev–Trinajstić information content (AvgIpc) is 2.44. The third-order valence-corrected chi connectivity index (χ3v) is 2.96. The lowest BCUT2D eigenvalue weighted by Crippen LogP contribution is -2.22. The minimum Gasteiger partial charge on any atom is -0.489 e. The first-order valence-electron chi connectivity index (χ1n) is 6.83. The summed E-state index contributed by atoms with van der Waals surface area (Å²) in [6.07, 6.45) is 0. The fourth-order valence-corrected chi connectivity index (χ4v) is 1.89. The lowest BCUT2D eigenvalue weighted by atomic mass is 10.2. The summed E-state index contributed by atoms with van der Waals surface area (Å²) >= 11 is 0. The van der Waals surface area contributed by atoms with Crippen LogP contribution in [-0.4, -0.2) is 6.04 Å². The maximum atomic E-state index is 13.1. The second kappa shape index (κ2) is 7.06. The highest BCUT2D eigenvalue weighted by Crippen LogP contribution is 2.19. The van der Waals surface area contributed by atoms with Gasteiger partial charge < -0.3 is 10.1 Å². The summed E-state index contributed by atoms with van der Waals surface area (Å²) in [4.78, 5) is 0. The standard InChI is InChI=1S/C17H20FNO/c1-13(2)19-11-15-7-3-4-9-17(15)20-12-14-6-5-8-16(18)10-14/h3-10,13,19H,11-12H2,1-2H3. The normalized spacial score (nSPS) is 10.8. The number of ether oxygens (including phenoxy) is 1. The van der Waals surface area contributed by atoms with Crippen molar-refractivity contribution in [2.24, 2.45) is 0 Å². The van der Waals surface area contributed by atoms with E-state index in [0.29, 0.717) is 12.6 Å². The topological polar surface area (TPSA) is 21.3 Å². The molecule has 0 bridgehead atoms. The van der Waals surface area contributed by atoms with Gasteiger partial charge in [-0.25, -0.2) is 4.39 Å². The van der Waals surface area contributed by atoms with E-state index in [1.165, 1.54) is 12.1 Å². The first-order valence-corrected chi connectivity index (χ1v) is 6.83. The van der Waals surface area contributed by atoms with Crippen molar-refractivity contribution in [3.8, 4) is 5.75 Å². The zero-order valence-corrected chi connectivity index (χ0v) is 11.9. The molecule has 0 aliphatic heterocycles. The second-order valence-corrected chi connectivity index (χ2v) is 5.06. The van der Waals surface area contributed by atoms with Crippen LogP contribution < -0.4 is 10.1 Å². The molecule has 2 nitrogen and oxygen atoms in total. The van der Waals surface area contributed by atoms with E-state index >= 15 is 0 Å². The highest BCUT2D eigenvalue weighted by atomic mass is 19.1. The van der Waals surface area contributed by atoms with E-state index in [-0.39, 0.29) is 5.82 Å². The van der Waals surface area contributed by atoms with Crippen LogP contribution in [0.1, 0.15) is 25.0 Å². The van der Waals surface area contributed by atoms with Gasteiger partial charge in [0, 0.05) is 18.2 Å². The van der Waals surface area contributed by atoms with Crippen LogP contribution in [0.4, 0.5) is 4.39 Å². The van der Waals surface area contributed by atoms with Gasteiger partial charge in [0.15, 0.2) is 0 Å². The summed E-state index contributed by atoms with van der Waals surface area (Å²) in [5.41, 5.74) is 1.94. The van der Waals surface area contributed by atoms with Crippen LogP contribution in [0.15, 0.2) is 48.5 Å². The van der Waals surface area contributed by atoms with Gasteiger partial charge in [-0.2, -0.15) is 0 Å². The van der Waals surface area contributed by atoms with Crippen molar-refractivity contribution in [2.45, 2.75) is 33.0 Å². The lowest BCUT2D eigenvalue weighted by molar-refractivity contribution is 0.301. The molecule has 0 aliphatic rings. The molecular formula is C17H20FNO. The van der Waals surface area contributed by atoms with E-state index in [4.69, 9.17) is 4.74 Å². The molecule has 0 atom stereocenters. The van der Waals surface area contributed by atoms with Crippen LogP contribution >= 0.6 is 0 Å². The Morgan fingerprint density at radius 2 is 1.90 bits per heavy atom. The fourth-order valence-electron chi connectivity index (χ4n) is 1.89. The third kappa shape index (κ3) is 4.35. The monoisotopic (exact) mass is 273 g/mol. The summed E-state index contributed by atoms with van der Waals surface area (Å²) in [6, 6.07) is 14.8. The Kier molecular flexibility index (Phi) is 5.13. The largest absolute Gasteiger partial charge is 0.489 e. The zero-order chi connectivity index (χ0) is 14.4. The van der Waals surface area contributed by atoms with Crippen molar-refractivity contribution in [3.05, 3.63) is 65.5 Å². The first kappa shape index (κ1) is 14.5. The lowest BCUT2D eigenvalue weighted by Gasteiger charge is -2.13. The molecule has 0 saturated carbocycles. The smallest absolute Gasteiger partial charge is 0.124 e. The predicted molar refractivity (Wildman–Crippen MR) is 79.1 cm³/mol. The Bertz CT molecular complexity index is 554. The molecule has 0 unspecified atom stereocenters. The summed E-state index contributed by atoms with van der Waals surface area (Å²) < 4.78 is 18.9. The number of para-hydroxylation sites is 1. The molecule has 2 aromatic rings. The molecule has 0 spiro atoms. The maximum Gasteiger partial charge on any atom is 0.124 e. The maximum absolute atomic E-state index is 13.1. The molecule has 0 aromatic heterocycles. The van der Waals surface area contributed by atoms with E-state index in [1.54, 1.807) is 6.07 Å². The SMILES string of the molecule is CC(C)NCc1ccccc1OCc1cccc(F)c1. The molecule has 0 fully saturated rings. The van der Waals surface area contributed by atoms with Crippen LogP contribution in [-0.2, 0) is 13.2 Å². The van der Waals surface area contributed by atoms with E-state index in [2.05, 4.69) is 19.2 Å². The number of benzene rings is 2. The first-order chi connectivity index (χ1) is 9.65. The molecule has 2 rings (SSSR count). The number of hydrogen-bond acceptors (Lipinski definition) is 2. The molecule has 2 aromatic carbocycles. The Balaban J connectivity index is 2.02. The summed E-state index contributed by atoms with van der Waals surface area (Å²) in [6.45, 7) is 5.35. The average molecular weight is 273 g/mol. The molecule has 0 amide bonds. The van der Waals surface area contributed by atoms with Crippen LogP contribution in [0.25, 0.3) is 0 Å². The van der Waals surface area contributed by atoms with E-state index in [0.717, 1.165) is 23.4 Å². The summed E-state index contributed by atoms with van der Waals surface area (Å²) in [5, 5.41) is 3.37. The zero-order valence-electron chi connectivity index (χ0n) is 11.9. The fraction of sp³-hybridized carbons (Fsp3) is 0.294. The second-order valence-electron chi connectivity index (χ2n) is 5.06. The van der Waals surface area contributed by atoms with E-state index in [1.807, 2.05) is 30.3 Å². The van der Waals surface area contributed by atoms with Gasteiger partial charge in [0.25, 0.3) is 0 Å². The van der Waals surface area contributed by atoms with Gasteiger partial charge in [-0.15, -0.1) is 0 Å². The van der Waals surface area contributed by atoms with Gasteiger partial charge >= 0.3 is 0 Å². The molecule has 0 heterocycles. The molecular weight excluding hydrogens is 253 g/mol. The van der Waals surface area contributed by atoms with Crippen molar-refractivity contribution in [3.63, 3.8) is 0 Å². The number of rotatable bonds is 6. The molecule has 0 radical (unpaired) electrons. The molecule has 20 heavy (non-hydrogen) atoms. The van der Waals surface area contributed by atoms with Gasteiger partial charge in [0.05, 0.1) is 0 Å². The highest BCUT2D eigenvalue weighted by Gasteiger charge is 2.04. The van der Waals surface area contributed by atoms with Gasteiger partial charge in [0.2, 0.25) is 0 Å². The minimum atomic E-state index is -0.235. The number of hydrogen-bond donors (Lipinski definition) is 1. The Morgan fingerprint density at radius 3 is 2.65 bits per heavy atom. The van der Waals surface area contributed by atoms with Crippen molar-refractivity contribution in [1.29, 1.82) is 0 Å². The van der Waals surface area contributed by atoms with E-state index < -0.39 is 0 Å². The van der Waals surface area contributed by atoms with Gasteiger partial charge in [-0.1, -0.05) is 44.2 Å². The predicted octanol–water partition coefficient (Wildman–Crippen LogP) is 3.90. The van der Waals surface area contributed by atoms with Crippen molar-refractivity contribution < 1.29 is 9.13 Å². The Morgan fingerprint density at radius 1 is 1.10 bits per heavy atom. The van der Waals surface area contributed by atoms with E-state index in [9.17, 15) is 4.39 Å². The van der Waals surface area contributed by atoms with Crippen molar-refractivity contribution in [1.82, 2.24) is 5.32 Å². The minimum absolute atomic E-state index is 0.235. The van der Waals surface area contributed by atoms with Gasteiger partial charge in [0.1, 0.15) is 18.2 Å². The molecule has 106 valence electrons. The van der Waals surface area contributed by atoms with Crippen LogP contribution in [0.2, 0.25) is 0 Å². The number of nitrogens with one attached hydrogen (secondary N) is 1. The van der Waals surface area contributed by atoms with Gasteiger partial charge in [-0.3, -0.25) is 0 Å². The summed E-state index contributed by atoms with van der Waals surface area (Å²) in [5.74, 6) is 0.603. The highest BCUT2D eigenvalue weighted by molar-refractivity contribution is 5.33. The molecule has 3 heteroatoms. The quantitative estimate of drug-likeness (QED) is 0.861. The van der Waals surface area contributed by atoms with Crippen LogP contribution in [0.5, 0.6) is 5.75 Å². The summed E-state index contributed by atoms with van der Waals surface area (Å²) in [7, 11) is 0. The molecule has 1 N–H and O–H groups in total.